The topological polar surface area (TPSA) is 130 Å². The van der Waals surface area contributed by atoms with Gasteiger partial charge >= 0.3 is 0 Å². The van der Waals surface area contributed by atoms with Crippen molar-refractivity contribution in [2.75, 3.05) is 17.1 Å². The van der Waals surface area contributed by atoms with Gasteiger partial charge in [-0.1, -0.05) is 42.3 Å². The third kappa shape index (κ3) is 8.58. The maximum Gasteiger partial charge on any atom is 0.271 e. The highest BCUT2D eigenvalue weighted by atomic mass is 35.5. The maximum absolute atomic E-state index is 13.7. The summed E-state index contributed by atoms with van der Waals surface area (Å²) in [7, 11) is -4.03. The number of hydrogen-bond acceptors (Lipinski definition) is 6. The molecule has 10 nitrogen and oxygen atoms in total. The molecule has 0 unspecified atom stereocenters. The fraction of sp³-hybridized carbons (Fsp3) is 0.417. The second-order valence-corrected chi connectivity index (χ2v) is 12.2. The van der Waals surface area contributed by atoms with E-state index in [4.69, 9.17) is 23.2 Å². The molecule has 0 aliphatic carbocycles. The number of sulfonamides is 1. The normalized spacial score (nSPS) is 12.5. The molecule has 2 rings (SSSR count). The molecule has 13 heteroatoms. The zero-order valence-corrected chi connectivity index (χ0v) is 23.5. The summed E-state index contributed by atoms with van der Waals surface area (Å²) >= 11 is 12.2. The second kappa shape index (κ2) is 12.1. The van der Waals surface area contributed by atoms with Crippen LogP contribution in [0.3, 0.4) is 0 Å². The van der Waals surface area contributed by atoms with Crippen LogP contribution < -0.4 is 9.62 Å². The Morgan fingerprint density at radius 2 is 1.76 bits per heavy atom. The van der Waals surface area contributed by atoms with Gasteiger partial charge < -0.3 is 10.2 Å². The molecule has 0 spiro atoms. The number of benzene rings is 2. The molecule has 0 bridgehead atoms. The highest BCUT2D eigenvalue weighted by molar-refractivity contribution is 7.92. The Morgan fingerprint density at radius 1 is 1.11 bits per heavy atom. The Labute approximate surface area is 226 Å². The van der Waals surface area contributed by atoms with Crippen LogP contribution in [0, 0.1) is 10.1 Å². The number of nitro groups is 1. The molecule has 0 aliphatic heterocycles. The van der Waals surface area contributed by atoms with Crippen LogP contribution in [0.25, 0.3) is 0 Å². The first-order chi connectivity index (χ1) is 17.0. The van der Waals surface area contributed by atoms with Crippen LogP contribution in [0.2, 0.25) is 10.0 Å². The third-order valence-electron chi connectivity index (χ3n) is 5.23. The lowest BCUT2D eigenvalue weighted by Gasteiger charge is -2.34. The van der Waals surface area contributed by atoms with Crippen LogP contribution in [-0.4, -0.2) is 54.4 Å². The van der Waals surface area contributed by atoms with Gasteiger partial charge in [0.2, 0.25) is 21.8 Å². The highest BCUT2D eigenvalue weighted by Crippen LogP contribution is 2.26. The fourth-order valence-corrected chi connectivity index (χ4v) is 4.74. The van der Waals surface area contributed by atoms with E-state index in [0.717, 1.165) is 16.6 Å². The van der Waals surface area contributed by atoms with E-state index in [9.17, 15) is 28.1 Å². The predicted octanol–water partition coefficient (Wildman–Crippen LogP) is 4.39. The minimum absolute atomic E-state index is 0.0493. The Hall–Kier alpha value is -2.89. The van der Waals surface area contributed by atoms with E-state index in [1.807, 2.05) is 0 Å². The molecule has 0 heterocycles. The first-order valence-electron chi connectivity index (χ1n) is 11.3. The van der Waals surface area contributed by atoms with E-state index in [2.05, 4.69) is 5.32 Å². The molecule has 2 aromatic rings. The molecule has 1 N–H and O–H groups in total. The Kier molecular flexibility index (Phi) is 9.92. The first-order valence-corrected chi connectivity index (χ1v) is 13.9. The molecular formula is C24H30Cl2N4O6S. The minimum atomic E-state index is -4.03. The Balaban J connectivity index is 2.52. The van der Waals surface area contributed by atoms with E-state index in [1.54, 1.807) is 45.9 Å². The molecular weight excluding hydrogens is 543 g/mol. The summed E-state index contributed by atoms with van der Waals surface area (Å²) in [5.74, 6) is -1.09. The summed E-state index contributed by atoms with van der Waals surface area (Å²) in [5.41, 5.74) is -0.384. The fourth-order valence-electron chi connectivity index (χ4n) is 3.58. The Morgan fingerprint density at radius 3 is 2.27 bits per heavy atom. The van der Waals surface area contributed by atoms with Gasteiger partial charge in [-0.05, 0) is 51.0 Å². The van der Waals surface area contributed by atoms with Crippen LogP contribution in [-0.2, 0) is 26.2 Å². The number of nitrogens with one attached hydrogen (secondary N) is 1. The zero-order valence-electron chi connectivity index (χ0n) is 21.2. The zero-order chi connectivity index (χ0) is 28.1. The van der Waals surface area contributed by atoms with Crippen molar-refractivity contribution < 1.29 is 22.9 Å². The van der Waals surface area contributed by atoms with Crippen LogP contribution >= 0.6 is 23.2 Å². The lowest BCUT2D eigenvalue weighted by molar-refractivity contribution is -0.384. The van der Waals surface area contributed by atoms with Gasteiger partial charge in [-0.25, -0.2) is 8.42 Å². The molecule has 0 fully saturated rings. The Bertz CT molecular complexity index is 1280. The highest BCUT2D eigenvalue weighted by Gasteiger charge is 2.33. The summed E-state index contributed by atoms with van der Waals surface area (Å²) in [6, 6.07) is 8.80. The second-order valence-electron chi connectivity index (χ2n) is 9.48. The predicted molar refractivity (Wildman–Crippen MR) is 144 cm³/mol. The number of nitrogens with zero attached hydrogens (tertiary/aromatic N) is 3. The standard InChI is InChI=1S/C24H30Cl2N4O6S/c1-6-21(23(32)27-24(2,3)4)28(14-16-10-11-19(25)20(26)12-16)22(31)15-29(37(5,35)36)17-8-7-9-18(13-17)30(33)34/h7-13,21H,6,14-15H2,1-5H3,(H,27,32)/t21-/m0/s1. The van der Waals surface area contributed by atoms with E-state index in [1.165, 1.54) is 23.1 Å². The summed E-state index contributed by atoms with van der Waals surface area (Å²) in [5, 5.41) is 14.7. The van der Waals surface area contributed by atoms with Crippen molar-refractivity contribution >= 4 is 56.4 Å². The SMILES string of the molecule is CC[C@@H](C(=O)NC(C)(C)C)N(Cc1ccc(Cl)c(Cl)c1)C(=O)CN(c1cccc([N+](=O)[O-])c1)S(C)(=O)=O. The number of rotatable bonds is 10. The molecule has 0 aromatic heterocycles. The van der Waals surface area contributed by atoms with Gasteiger partial charge in [0.1, 0.15) is 12.6 Å². The van der Waals surface area contributed by atoms with E-state index in [0.29, 0.717) is 10.6 Å². The number of halogens is 2. The largest absolute Gasteiger partial charge is 0.350 e. The molecule has 202 valence electrons. The van der Waals surface area contributed by atoms with Gasteiger partial charge in [-0.15, -0.1) is 0 Å². The van der Waals surface area contributed by atoms with E-state index < -0.39 is 44.9 Å². The molecule has 0 radical (unpaired) electrons. The van der Waals surface area contributed by atoms with Gasteiger partial charge in [-0.2, -0.15) is 0 Å². The molecule has 0 saturated carbocycles. The van der Waals surface area contributed by atoms with Crippen LogP contribution in [0.4, 0.5) is 11.4 Å². The van der Waals surface area contributed by atoms with Crippen molar-refractivity contribution in [3.8, 4) is 0 Å². The third-order valence-corrected chi connectivity index (χ3v) is 7.11. The van der Waals surface area contributed by atoms with Crippen molar-refractivity contribution in [1.29, 1.82) is 0 Å². The van der Waals surface area contributed by atoms with Gasteiger partial charge in [0.05, 0.1) is 26.9 Å². The molecule has 2 amide bonds. The molecule has 0 aliphatic rings. The number of anilines is 1. The first kappa shape index (κ1) is 30.3. The number of nitro benzene ring substituents is 1. The molecule has 0 saturated heterocycles. The van der Waals surface area contributed by atoms with Crippen LogP contribution in [0.15, 0.2) is 42.5 Å². The van der Waals surface area contributed by atoms with Crippen molar-refractivity contribution in [2.24, 2.45) is 0 Å². The number of hydrogen-bond donors (Lipinski definition) is 1. The van der Waals surface area contributed by atoms with Crippen LogP contribution in [0.1, 0.15) is 39.7 Å². The molecule has 2 aromatic carbocycles. The molecule has 37 heavy (non-hydrogen) atoms. The van der Waals surface area contributed by atoms with E-state index in [-0.39, 0.29) is 29.4 Å². The number of carbonyl (C=O) groups excluding carboxylic acids is 2. The van der Waals surface area contributed by atoms with Gasteiger partial charge in [0, 0.05) is 24.2 Å². The quantitative estimate of drug-likeness (QED) is 0.332. The number of amides is 2. The monoisotopic (exact) mass is 572 g/mol. The van der Waals surface area contributed by atoms with Crippen LogP contribution in [0.5, 0.6) is 0 Å². The summed E-state index contributed by atoms with van der Waals surface area (Å²) in [6.07, 6.45) is 1.14. The number of carbonyl (C=O) groups is 2. The summed E-state index contributed by atoms with van der Waals surface area (Å²) in [6.45, 7) is 6.40. The molecule has 1 atom stereocenters. The minimum Gasteiger partial charge on any atom is -0.350 e. The van der Waals surface area contributed by atoms with Gasteiger partial charge in [0.15, 0.2) is 0 Å². The van der Waals surface area contributed by atoms with Crippen molar-refractivity contribution in [1.82, 2.24) is 10.2 Å². The maximum atomic E-state index is 13.7. The summed E-state index contributed by atoms with van der Waals surface area (Å²) in [4.78, 5) is 38.7. The lowest BCUT2D eigenvalue weighted by atomic mass is 10.1. The lowest BCUT2D eigenvalue weighted by Crippen LogP contribution is -2.55. The van der Waals surface area contributed by atoms with Crippen molar-refractivity contribution in [2.45, 2.75) is 52.2 Å². The average molecular weight is 573 g/mol. The van der Waals surface area contributed by atoms with E-state index >= 15 is 0 Å². The van der Waals surface area contributed by atoms with Crippen molar-refractivity contribution in [3.63, 3.8) is 0 Å². The van der Waals surface area contributed by atoms with Gasteiger partial charge in [0.25, 0.3) is 5.69 Å². The summed E-state index contributed by atoms with van der Waals surface area (Å²) < 4.78 is 26.1. The van der Waals surface area contributed by atoms with Gasteiger partial charge in [-0.3, -0.25) is 24.0 Å². The average Bonchev–Trinajstić information content (AvgIpc) is 2.77. The smallest absolute Gasteiger partial charge is 0.271 e. The van der Waals surface area contributed by atoms with Crippen molar-refractivity contribution in [3.05, 3.63) is 68.2 Å². The number of non-ortho nitro benzene ring substituents is 1.